The molecule has 0 saturated carbocycles. The van der Waals surface area contributed by atoms with Crippen LogP contribution in [0.4, 0.5) is 0 Å². The molecular weight excluding hydrogens is 183 g/mol. The lowest BCUT2D eigenvalue weighted by molar-refractivity contribution is 0.237. The smallest absolute Gasteiger partial charge is 0.324 e. The van der Waals surface area contributed by atoms with Crippen LogP contribution < -0.4 is 0 Å². The predicted octanol–water partition coefficient (Wildman–Crippen LogP) is 1.10. The summed E-state index contributed by atoms with van der Waals surface area (Å²) in [4.78, 5) is 8.88. The van der Waals surface area contributed by atoms with Gasteiger partial charge in [-0.05, 0) is 11.8 Å². The summed E-state index contributed by atoms with van der Waals surface area (Å²) in [5, 5.41) is 0. The van der Waals surface area contributed by atoms with E-state index in [1.165, 1.54) is 7.11 Å². The summed E-state index contributed by atoms with van der Waals surface area (Å²) < 4.78 is 9.10. The molecule has 0 aliphatic heterocycles. The maximum absolute atomic E-state index is 8.88. The molecule has 0 amide bonds. The van der Waals surface area contributed by atoms with Crippen LogP contribution in [0.3, 0.4) is 0 Å². The fourth-order valence-corrected chi connectivity index (χ4v) is 1.04. The second-order valence-electron chi connectivity index (χ2n) is 1.17. The number of halogens is 1. The van der Waals surface area contributed by atoms with Crippen LogP contribution in [0.2, 0.25) is 0 Å². The van der Waals surface area contributed by atoms with Gasteiger partial charge in [-0.15, -0.1) is 11.6 Å². The van der Waals surface area contributed by atoms with Crippen molar-refractivity contribution in [2.24, 2.45) is 0 Å². The number of alkyl halides is 1. The standard InChI is InChI=1S/C3H8ClO3PS/c1-6-8(5,9)7-3-2-4/h2-3H2,1H3,(H,5,9). The summed E-state index contributed by atoms with van der Waals surface area (Å²) in [5.74, 6) is 0.308. The molecule has 0 spiro atoms. The predicted molar refractivity (Wildman–Crippen MR) is 40.2 cm³/mol. The molecule has 1 N–H and O–H groups in total. The fourth-order valence-electron chi connectivity index (χ4n) is 0.203. The average Bonchev–Trinajstić information content (AvgIpc) is 1.84. The zero-order valence-corrected chi connectivity index (χ0v) is 7.38. The van der Waals surface area contributed by atoms with Crippen LogP contribution in [0.1, 0.15) is 0 Å². The van der Waals surface area contributed by atoms with Crippen LogP contribution in [0.5, 0.6) is 0 Å². The SMILES string of the molecule is COP(O)(=S)OCCCl. The number of hydrogen-bond acceptors (Lipinski definition) is 3. The molecule has 0 radical (unpaired) electrons. The van der Waals surface area contributed by atoms with Crippen LogP contribution >= 0.6 is 18.3 Å². The quantitative estimate of drug-likeness (QED) is 0.532. The van der Waals surface area contributed by atoms with E-state index < -0.39 is 6.72 Å². The van der Waals surface area contributed by atoms with Crippen LogP contribution in [0.25, 0.3) is 0 Å². The van der Waals surface area contributed by atoms with Gasteiger partial charge in [0.15, 0.2) is 0 Å². The first-order valence-electron chi connectivity index (χ1n) is 2.21. The highest BCUT2D eigenvalue weighted by Gasteiger charge is 2.10. The highest BCUT2D eigenvalue weighted by Crippen LogP contribution is 2.42. The van der Waals surface area contributed by atoms with Crippen LogP contribution in [0, 0.1) is 0 Å². The molecule has 1 unspecified atom stereocenters. The van der Waals surface area contributed by atoms with Crippen molar-refractivity contribution in [2.75, 3.05) is 19.6 Å². The molecule has 0 saturated heterocycles. The molecule has 0 rings (SSSR count). The summed E-state index contributed by atoms with van der Waals surface area (Å²) in [6.45, 7) is -2.72. The lowest BCUT2D eigenvalue weighted by Gasteiger charge is -2.10. The van der Waals surface area contributed by atoms with Gasteiger partial charge < -0.3 is 13.9 Å². The van der Waals surface area contributed by atoms with Gasteiger partial charge in [-0.2, -0.15) is 0 Å². The molecule has 1 atom stereocenters. The molecule has 0 aromatic carbocycles. The summed E-state index contributed by atoms with van der Waals surface area (Å²) in [6, 6.07) is 0. The second-order valence-corrected chi connectivity index (χ2v) is 4.50. The summed E-state index contributed by atoms with van der Waals surface area (Å²) >= 11 is 9.72. The van der Waals surface area contributed by atoms with Crippen molar-refractivity contribution in [3.63, 3.8) is 0 Å². The van der Waals surface area contributed by atoms with E-state index >= 15 is 0 Å². The van der Waals surface area contributed by atoms with Crippen LogP contribution in [-0.4, -0.2) is 24.5 Å². The first-order valence-corrected chi connectivity index (χ1v) is 5.34. The van der Waals surface area contributed by atoms with E-state index in [0.717, 1.165) is 0 Å². The fraction of sp³-hybridized carbons (Fsp3) is 1.00. The third-order valence-electron chi connectivity index (χ3n) is 0.562. The van der Waals surface area contributed by atoms with Gasteiger partial charge in [-0.1, -0.05) is 0 Å². The van der Waals surface area contributed by atoms with Gasteiger partial charge in [0.05, 0.1) is 6.61 Å². The highest BCUT2D eigenvalue weighted by atomic mass is 35.5. The minimum atomic E-state index is -2.94. The van der Waals surface area contributed by atoms with Crippen molar-refractivity contribution in [2.45, 2.75) is 0 Å². The van der Waals surface area contributed by atoms with Gasteiger partial charge in [0.2, 0.25) is 0 Å². The molecular formula is C3H8ClO3PS. The van der Waals surface area contributed by atoms with E-state index in [0.29, 0.717) is 5.88 Å². The van der Waals surface area contributed by atoms with Crippen molar-refractivity contribution in [1.29, 1.82) is 0 Å². The molecule has 3 nitrogen and oxygen atoms in total. The van der Waals surface area contributed by atoms with Crippen molar-refractivity contribution >= 4 is 30.1 Å². The Kier molecular flexibility index (Phi) is 5.03. The lowest BCUT2D eigenvalue weighted by atomic mass is 10.9. The Labute approximate surface area is 64.2 Å². The molecule has 0 heterocycles. The molecule has 56 valence electrons. The van der Waals surface area contributed by atoms with E-state index in [2.05, 4.69) is 20.9 Å². The van der Waals surface area contributed by atoms with E-state index in [4.69, 9.17) is 16.5 Å². The topological polar surface area (TPSA) is 38.7 Å². The normalized spacial score (nSPS) is 17.2. The van der Waals surface area contributed by atoms with Crippen molar-refractivity contribution < 1.29 is 13.9 Å². The van der Waals surface area contributed by atoms with Crippen molar-refractivity contribution in [3.05, 3.63) is 0 Å². The third-order valence-corrected chi connectivity index (χ3v) is 2.45. The maximum Gasteiger partial charge on any atom is 0.324 e. The minimum Gasteiger partial charge on any atom is -0.324 e. The molecule has 6 heteroatoms. The minimum absolute atomic E-state index is 0.225. The Hall–Kier alpha value is 0.820. The summed E-state index contributed by atoms with van der Waals surface area (Å²) in [5.41, 5.74) is 0. The molecule has 0 aromatic heterocycles. The highest BCUT2D eigenvalue weighted by molar-refractivity contribution is 8.07. The van der Waals surface area contributed by atoms with E-state index in [1.807, 2.05) is 0 Å². The van der Waals surface area contributed by atoms with Gasteiger partial charge in [0.1, 0.15) is 0 Å². The van der Waals surface area contributed by atoms with Gasteiger partial charge in [-0.3, -0.25) is 0 Å². The largest absolute Gasteiger partial charge is 0.324 e. The summed E-state index contributed by atoms with van der Waals surface area (Å²) in [6.07, 6.45) is 0. The van der Waals surface area contributed by atoms with Gasteiger partial charge in [0.25, 0.3) is 0 Å². The number of hydrogen-bond donors (Lipinski definition) is 1. The van der Waals surface area contributed by atoms with E-state index in [9.17, 15) is 0 Å². The summed E-state index contributed by atoms with van der Waals surface area (Å²) in [7, 11) is 1.30. The molecule has 0 bridgehead atoms. The Balaban J connectivity index is 3.46. The zero-order valence-electron chi connectivity index (χ0n) is 4.91. The zero-order chi connectivity index (χ0) is 7.33. The Bertz CT molecular complexity index is 120. The Morgan fingerprint density at radius 3 is 2.67 bits per heavy atom. The first-order chi connectivity index (χ1) is 4.12. The van der Waals surface area contributed by atoms with Crippen molar-refractivity contribution in [3.8, 4) is 0 Å². The molecule has 9 heavy (non-hydrogen) atoms. The van der Waals surface area contributed by atoms with Crippen molar-refractivity contribution in [1.82, 2.24) is 0 Å². The first kappa shape index (κ1) is 9.82. The average molecular weight is 191 g/mol. The van der Waals surface area contributed by atoms with Gasteiger partial charge in [0, 0.05) is 13.0 Å². The molecule has 0 aromatic rings. The third kappa shape index (κ3) is 5.27. The molecule has 0 aliphatic rings. The Morgan fingerprint density at radius 2 is 2.33 bits per heavy atom. The Morgan fingerprint density at radius 1 is 1.78 bits per heavy atom. The van der Waals surface area contributed by atoms with Crippen LogP contribution in [0.15, 0.2) is 0 Å². The monoisotopic (exact) mass is 190 g/mol. The molecule has 0 fully saturated rings. The molecule has 0 aliphatic carbocycles. The van der Waals surface area contributed by atoms with Gasteiger partial charge >= 0.3 is 6.72 Å². The van der Waals surface area contributed by atoms with E-state index in [1.54, 1.807) is 0 Å². The second kappa shape index (κ2) is 4.61. The van der Waals surface area contributed by atoms with Gasteiger partial charge in [-0.25, -0.2) is 0 Å². The number of rotatable bonds is 4. The maximum atomic E-state index is 8.88. The van der Waals surface area contributed by atoms with Crippen LogP contribution in [-0.2, 0) is 20.9 Å². The van der Waals surface area contributed by atoms with E-state index in [-0.39, 0.29) is 6.61 Å². The lowest BCUT2D eigenvalue weighted by Crippen LogP contribution is -1.94.